The molecule has 0 saturated carbocycles. The first kappa shape index (κ1) is 22.1. The van der Waals surface area contributed by atoms with E-state index in [4.69, 9.17) is 9.73 Å². The zero-order valence-electron chi connectivity index (χ0n) is 18.8. The molecule has 8 nitrogen and oxygen atoms in total. The topological polar surface area (TPSA) is 112 Å². The van der Waals surface area contributed by atoms with E-state index in [0.717, 1.165) is 21.4 Å². The van der Waals surface area contributed by atoms with Crippen LogP contribution in [0.1, 0.15) is 38.8 Å². The molecule has 2 amide bonds. The number of aromatic nitrogens is 1. The lowest BCUT2D eigenvalue weighted by molar-refractivity contribution is -0.143. The standard InChI is InChI=1S/C27H21N3O5/c1-2-35-22(31)15-30-26(33)18-13-12-17(14-20(18)27(30)34)28-24(16-8-4-3-5-9-16)23-19-10-6-7-11-21(19)29-25(23)32/h3-14,29,32H,2,15H2,1H3. The van der Waals surface area contributed by atoms with Gasteiger partial charge >= 0.3 is 5.97 Å². The number of hydrogen-bond donors (Lipinski definition) is 2. The number of H-pyrrole nitrogens is 1. The van der Waals surface area contributed by atoms with Gasteiger partial charge in [0.1, 0.15) is 6.54 Å². The van der Waals surface area contributed by atoms with Crippen molar-refractivity contribution in [2.24, 2.45) is 4.99 Å². The Balaban J connectivity index is 1.60. The molecule has 2 heterocycles. The maximum absolute atomic E-state index is 12.9. The smallest absolute Gasteiger partial charge is 0.326 e. The van der Waals surface area contributed by atoms with Gasteiger partial charge in [0.2, 0.25) is 0 Å². The molecule has 1 aromatic heterocycles. The van der Waals surface area contributed by atoms with E-state index in [9.17, 15) is 19.5 Å². The van der Waals surface area contributed by atoms with Crippen LogP contribution in [-0.2, 0) is 9.53 Å². The molecule has 1 aliphatic heterocycles. The van der Waals surface area contributed by atoms with E-state index in [0.29, 0.717) is 17.0 Å². The van der Waals surface area contributed by atoms with E-state index in [2.05, 4.69) is 4.98 Å². The van der Waals surface area contributed by atoms with Crippen molar-refractivity contribution >= 4 is 40.1 Å². The Bertz CT molecular complexity index is 1500. The number of amides is 2. The molecule has 2 N–H and O–H groups in total. The summed E-state index contributed by atoms with van der Waals surface area (Å²) in [7, 11) is 0. The van der Waals surface area contributed by atoms with Crippen LogP contribution in [0.4, 0.5) is 5.69 Å². The van der Waals surface area contributed by atoms with E-state index < -0.39 is 24.3 Å². The normalized spacial score (nSPS) is 13.4. The minimum Gasteiger partial charge on any atom is -0.494 e. The van der Waals surface area contributed by atoms with E-state index in [1.54, 1.807) is 13.0 Å². The number of rotatable bonds is 6. The Morgan fingerprint density at radius 3 is 2.46 bits per heavy atom. The van der Waals surface area contributed by atoms with Crippen LogP contribution in [0, 0.1) is 0 Å². The maximum Gasteiger partial charge on any atom is 0.326 e. The number of aromatic hydroxyl groups is 1. The van der Waals surface area contributed by atoms with E-state index in [-0.39, 0.29) is 23.6 Å². The molecule has 1 aliphatic rings. The summed E-state index contributed by atoms with van der Waals surface area (Å²) in [6, 6.07) is 21.5. The van der Waals surface area contributed by atoms with Crippen LogP contribution < -0.4 is 0 Å². The summed E-state index contributed by atoms with van der Waals surface area (Å²) in [5, 5.41) is 11.5. The Morgan fingerprint density at radius 2 is 1.69 bits per heavy atom. The quantitative estimate of drug-likeness (QED) is 0.251. The fourth-order valence-electron chi connectivity index (χ4n) is 4.18. The molecule has 0 atom stereocenters. The van der Waals surface area contributed by atoms with Gasteiger partial charge in [-0.1, -0.05) is 48.5 Å². The van der Waals surface area contributed by atoms with Gasteiger partial charge in [0, 0.05) is 16.5 Å². The predicted molar refractivity (Wildman–Crippen MR) is 130 cm³/mol. The molecule has 0 fully saturated rings. The van der Waals surface area contributed by atoms with Gasteiger partial charge in [0.05, 0.1) is 34.7 Å². The molecular formula is C27H21N3O5. The van der Waals surface area contributed by atoms with E-state index >= 15 is 0 Å². The van der Waals surface area contributed by atoms with Gasteiger partial charge in [-0.3, -0.25) is 19.3 Å². The van der Waals surface area contributed by atoms with Gasteiger partial charge < -0.3 is 14.8 Å². The van der Waals surface area contributed by atoms with Crippen molar-refractivity contribution in [3.8, 4) is 5.88 Å². The van der Waals surface area contributed by atoms with Crippen molar-refractivity contribution in [1.29, 1.82) is 0 Å². The number of benzene rings is 3. The monoisotopic (exact) mass is 467 g/mol. The van der Waals surface area contributed by atoms with Crippen LogP contribution in [0.5, 0.6) is 5.88 Å². The fraction of sp³-hybridized carbons (Fsp3) is 0.111. The SMILES string of the molecule is CCOC(=O)CN1C(=O)c2ccc(N=C(c3ccccc3)c3c(O)[nH]c4ccccc34)cc2C1=O. The summed E-state index contributed by atoms with van der Waals surface area (Å²) in [6.07, 6.45) is 0. The van der Waals surface area contributed by atoms with Gasteiger partial charge in [-0.05, 0) is 31.2 Å². The predicted octanol–water partition coefficient (Wildman–Crippen LogP) is 4.20. The van der Waals surface area contributed by atoms with Crippen molar-refractivity contribution in [2.75, 3.05) is 13.2 Å². The minimum absolute atomic E-state index is 0.0261. The highest BCUT2D eigenvalue weighted by atomic mass is 16.5. The van der Waals surface area contributed by atoms with Crippen molar-refractivity contribution in [2.45, 2.75) is 6.92 Å². The number of carbonyl (C=O) groups excluding carboxylic acids is 3. The first-order valence-electron chi connectivity index (χ1n) is 11.1. The molecule has 35 heavy (non-hydrogen) atoms. The average molecular weight is 467 g/mol. The molecule has 3 aromatic carbocycles. The van der Waals surface area contributed by atoms with Crippen LogP contribution in [-0.4, -0.2) is 51.6 Å². The number of carbonyl (C=O) groups is 3. The van der Waals surface area contributed by atoms with Crippen molar-refractivity contribution < 1.29 is 24.2 Å². The Hall–Kier alpha value is -4.72. The first-order chi connectivity index (χ1) is 17.0. The van der Waals surface area contributed by atoms with Crippen LogP contribution >= 0.6 is 0 Å². The first-order valence-corrected chi connectivity index (χ1v) is 11.1. The number of imide groups is 1. The zero-order chi connectivity index (χ0) is 24.5. The summed E-state index contributed by atoms with van der Waals surface area (Å²) < 4.78 is 4.88. The van der Waals surface area contributed by atoms with Crippen LogP contribution in [0.2, 0.25) is 0 Å². The summed E-state index contributed by atoms with van der Waals surface area (Å²) >= 11 is 0. The molecule has 5 rings (SSSR count). The second-order valence-electron chi connectivity index (χ2n) is 7.95. The number of fused-ring (bicyclic) bond motifs is 2. The highest BCUT2D eigenvalue weighted by molar-refractivity contribution is 6.24. The number of nitrogens with one attached hydrogen (secondary N) is 1. The molecule has 174 valence electrons. The third-order valence-corrected chi connectivity index (χ3v) is 5.76. The van der Waals surface area contributed by atoms with Gasteiger partial charge in [-0.25, -0.2) is 4.99 Å². The molecule has 4 aromatic rings. The number of aliphatic imine (C=N–C) groups is 1. The lowest BCUT2D eigenvalue weighted by Crippen LogP contribution is -2.35. The molecule has 0 spiro atoms. The lowest BCUT2D eigenvalue weighted by Gasteiger charge is -2.12. The molecule has 0 unspecified atom stereocenters. The lowest BCUT2D eigenvalue weighted by atomic mass is 10.0. The third kappa shape index (κ3) is 3.95. The Morgan fingerprint density at radius 1 is 0.971 bits per heavy atom. The number of aromatic amines is 1. The fourth-order valence-corrected chi connectivity index (χ4v) is 4.18. The number of esters is 1. The highest BCUT2D eigenvalue weighted by Gasteiger charge is 2.37. The van der Waals surface area contributed by atoms with Gasteiger partial charge in [-0.15, -0.1) is 0 Å². The molecule has 0 radical (unpaired) electrons. The summed E-state index contributed by atoms with van der Waals surface area (Å²) in [5.41, 5.74) is 3.34. The summed E-state index contributed by atoms with van der Waals surface area (Å²) in [6.45, 7) is 1.36. The number of hydrogen-bond acceptors (Lipinski definition) is 6. The average Bonchev–Trinajstić information content (AvgIpc) is 3.31. The second-order valence-corrected chi connectivity index (χ2v) is 7.95. The van der Waals surface area contributed by atoms with Crippen molar-refractivity contribution in [3.05, 3.63) is 95.1 Å². The van der Waals surface area contributed by atoms with Gasteiger partial charge in [0.15, 0.2) is 5.88 Å². The van der Waals surface area contributed by atoms with Crippen molar-refractivity contribution in [1.82, 2.24) is 9.88 Å². The molecule has 0 saturated heterocycles. The van der Waals surface area contributed by atoms with Crippen LogP contribution in [0.15, 0.2) is 77.8 Å². The summed E-state index contributed by atoms with van der Waals surface area (Å²) in [4.78, 5) is 46.1. The molecule has 0 bridgehead atoms. The van der Waals surface area contributed by atoms with Crippen molar-refractivity contribution in [3.63, 3.8) is 0 Å². The van der Waals surface area contributed by atoms with Gasteiger partial charge in [-0.2, -0.15) is 0 Å². The molecule has 8 heteroatoms. The second kappa shape index (κ2) is 8.90. The third-order valence-electron chi connectivity index (χ3n) is 5.76. The largest absolute Gasteiger partial charge is 0.494 e. The molecule has 0 aliphatic carbocycles. The maximum atomic E-state index is 12.9. The Kier molecular flexibility index (Phi) is 5.62. The minimum atomic E-state index is -0.651. The van der Waals surface area contributed by atoms with E-state index in [1.807, 2.05) is 54.6 Å². The Labute approximate surface area is 200 Å². The van der Waals surface area contributed by atoms with Crippen LogP contribution in [0.3, 0.4) is 0 Å². The summed E-state index contributed by atoms with van der Waals surface area (Å²) in [5.74, 6) is -1.80. The highest BCUT2D eigenvalue weighted by Crippen LogP contribution is 2.33. The number of para-hydroxylation sites is 1. The molecular weight excluding hydrogens is 446 g/mol. The number of nitrogens with zero attached hydrogens (tertiary/aromatic N) is 2. The van der Waals surface area contributed by atoms with Gasteiger partial charge in [0.25, 0.3) is 11.8 Å². The number of ether oxygens (including phenoxy) is 1. The van der Waals surface area contributed by atoms with Crippen LogP contribution in [0.25, 0.3) is 10.9 Å². The van der Waals surface area contributed by atoms with E-state index in [1.165, 1.54) is 12.1 Å². The zero-order valence-corrected chi connectivity index (χ0v) is 18.8.